The van der Waals surface area contributed by atoms with Crippen molar-refractivity contribution in [1.29, 1.82) is 0 Å². The highest BCUT2D eigenvalue weighted by molar-refractivity contribution is 5.76. The molecule has 2 unspecified atom stereocenters. The fourth-order valence-electron chi connectivity index (χ4n) is 7.59. The second kappa shape index (κ2) is 44.5. The van der Waals surface area contributed by atoms with Gasteiger partial charge in [-0.05, 0) is 19.3 Å². The first-order valence-electron chi connectivity index (χ1n) is 23.9. The van der Waals surface area contributed by atoms with Crippen molar-refractivity contribution in [1.82, 2.24) is 5.32 Å². The van der Waals surface area contributed by atoms with Gasteiger partial charge >= 0.3 is 0 Å². The number of allylic oxidation sites excluding steroid dienone is 1. The molecule has 0 rings (SSSR count). The maximum absolute atomic E-state index is 12.2. The minimum atomic E-state index is -0.832. The van der Waals surface area contributed by atoms with Crippen molar-refractivity contribution in [2.75, 3.05) is 6.61 Å². The molecular weight excluding hydrogens is 639 g/mol. The second-order valence-corrected chi connectivity index (χ2v) is 16.5. The van der Waals surface area contributed by atoms with Crippen LogP contribution in [0.3, 0.4) is 0 Å². The van der Waals surface area contributed by atoms with Crippen molar-refractivity contribution in [2.45, 2.75) is 283 Å². The third kappa shape index (κ3) is 40.3. The van der Waals surface area contributed by atoms with E-state index in [0.29, 0.717) is 6.42 Å². The van der Waals surface area contributed by atoms with Gasteiger partial charge in [0.05, 0.1) is 18.8 Å². The Bertz CT molecular complexity index is 710. The summed E-state index contributed by atoms with van der Waals surface area (Å²) in [5.41, 5.74) is 0. The summed E-state index contributed by atoms with van der Waals surface area (Å²) in [6.07, 6.45) is 56.7. The number of carbonyl (C=O) groups excluding carboxylic acids is 1. The van der Waals surface area contributed by atoms with Gasteiger partial charge in [-0.3, -0.25) is 4.79 Å². The first-order valence-corrected chi connectivity index (χ1v) is 23.9. The second-order valence-electron chi connectivity index (χ2n) is 16.5. The summed E-state index contributed by atoms with van der Waals surface area (Å²) in [7, 11) is 0. The van der Waals surface area contributed by atoms with Crippen molar-refractivity contribution in [2.24, 2.45) is 0 Å². The van der Waals surface area contributed by atoms with Crippen LogP contribution in [0.5, 0.6) is 0 Å². The van der Waals surface area contributed by atoms with E-state index in [-0.39, 0.29) is 12.5 Å². The van der Waals surface area contributed by atoms with Gasteiger partial charge in [-0.15, -0.1) is 0 Å². The van der Waals surface area contributed by atoms with Crippen LogP contribution in [0.15, 0.2) is 12.2 Å². The van der Waals surface area contributed by atoms with E-state index in [2.05, 4.69) is 19.2 Å². The molecule has 0 aromatic carbocycles. The SMILES string of the molecule is CCCCCCCCCCCCCCCCCCCCCCCCCCCCCCCCC/C=C/C(O)C(CO)NC(=O)CCCCCCCCC. The molecule has 4 nitrogen and oxygen atoms in total. The van der Waals surface area contributed by atoms with E-state index in [4.69, 9.17) is 0 Å². The summed E-state index contributed by atoms with van der Waals surface area (Å²) in [6, 6.07) is -0.614. The lowest BCUT2D eigenvalue weighted by Gasteiger charge is -2.20. The van der Waals surface area contributed by atoms with Crippen molar-refractivity contribution >= 4 is 5.91 Å². The van der Waals surface area contributed by atoms with Crippen LogP contribution in [0.4, 0.5) is 0 Å². The van der Waals surface area contributed by atoms with Crippen LogP contribution in [-0.2, 0) is 4.79 Å². The first-order chi connectivity index (χ1) is 25.7. The molecule has 52 heavy (non-hydrogen) atoms. The van der Waals surface area contributed by atoms with Crippen LogP contribution in [0.2, 0.25) is 0 Å². The molecule has 0 aliphatic carbocycles. The third-order valence-corrected chi connectivity index (χ3v) is 11.3. The van der Waals surface area contributed by atoms with Gasteiger partial charge in [-0.2, -0.15) is 0 Å². The van der Waals surface area contributed by atoms with Gasteiger partial charge in [0, 0.05) is 6.42 Å². The van der Waals surface area contributed by atoms with Crippen LogP contribution in [-0.4, -0.2) is 34.9 Å². The number of aliphatic hydroxyl groups excluding tert-OH is 2. The smallest absolute Gasteiger partial charge is 0.220 e. The molecule has 0 fully saturated rings. The number of amides is 1. The molecule has 0 aromatic heterocycles. The lowest BCUT2D eigenvalue weighted by atomic mass is 10.0. The minimum absolute atomic E-state index is 0.0683. The molecule has 1 amide bonds. The molecule has 0 spiro atoms. The van der Waals surface area contributed by atoms with Gasteiger partial charge in [0.2, 0.25) is 5.91 Å². The molecule has 0 heterocycles. The monoisotopic (exact) mass is 734 g/mol. The summed E-state index contributed by atoms with van der Waals surface area (Å²) in [5.74, 6) is -0.0683. The highest BCUT2D eigenvalue weighted by atomic mass is 16.3. The summed E-state index contributed by atoms with van der Waals surface area (Å²) in [6.45, 7) is 4.28. The van der Waals surface area contributed by atoms with Crippen molar-refractivity contribution in [3.8, 4) is 0 Å². The van der Waals surface area contributed by atoms with Crippen LogP contribution in [0.1, 0.15) is 271 Å². The van der Waals surface area contributed by atoms with Gasteiger partial charge in [-0.25, -0.2) is 0 Å². The van der Waals surface area contributed by atoms with E-state index in [1.54, 1.807) is 6.08 Å². The van der Waals surface area contributed by atoms with E-state index in [0.717, 1.165) is 25.7 Å². The summed E-state index contributed by atoms with van der Waals surface area (Å²) >= 11 is 0. The Balaban J connectivity index is 3.35. The quantitative estimate of drug-likeness (QED) is 0.0431. The van der Waals surface area contributed by atoms with Gasteiger partial charge < -0.3 is 15.5 Å². The number of carbonyl (C=O) groups is 1. The maximum atomic E-state index is 12.2. The molecule has 0 aliphatic heterocycles. The van der Waals surface area contributed by atoms with Crippen molar-refractivity contribution in [3.05, 3.63) is 12.2 Å². The van der Waals surface area contributed by atoms with Crippen LogP contribution < -0.4 is 5.32 Å². The molecule has 0 radical (unpaired) electrons. The zero-order chi connectivity index (χ0) is 37.8. The Labute approximate surface area is 327 Å². The lowest BCUT2D eigenvalue weighted by molar-refractivity contribution is -0.123. The first kappa shape index (κ1) is 51.1. The maximum Gasteiger partial charge on any atom is 0.220 e. The van der Waals surface area contributed by atoms with E-state index >= 15 is 0 Å². The van der Waals surface area contributed by atoms with E-state index in [1.807, 2.05) is 6.08 Å². The Kier molecular flexibility index (Phi) is 43.8. The third-order valence-electron chi connectivity index (χ3n) is 11.3. The molecule has 4 heteroatoms. The van der Waals surface area contributed by atoms with Crippen LogP contribution >= 0.6 is 0 Å². The average molecular weight is 734 g/mol. The van der Waals surface area contributed by atoms with Crippen molar-refractivity contribution < 1.29 is 15.0 Å². The van der Waals surface area contributed by atoms with Gasteiger partial charge in [0.15, 0.2) is 0 Å². The standard InChI is InChI=1S/C48H95NO3/c1-3-5-7-9-11-12-13-14-15-16-17-18-19-20-21-22-23-24-25-26-27-28-29-30-31-32-33-34-35-36-38-39-41-43-47(51)46(45-50)49-48(52)44-42-40-37-10-8-6-4-2/h41,43,46-47,50-51H,3-40,42,44-45H2,1-2H3,(H,49,52)/b43-41+. The van der Waals surface area contributed by atoms with Gasteiger partial charge in [-0.1, -0.05) is 257 Å². The van der Waals surface area contributed by atoms with Crippen LogP contribution in [0.25, 0.3) is 0 Å². The molecule has 0 saturated heterocycles. The summed E-state index contributed by atoms with van der Waals surface area (Å²) < 4.78 is 0. The largest absolute Gasteiger partial charge is 0.394 e. The molecule has 2 atom stereocenters. The molecule has 0 saturated carbocycles. The Morgan fingerprint density at radius 3 is 1.00 bits per heavy atom. The molecular formula is C48H95NO3. The number of rotatable bonds is 44. The molecule has 0 aromatic rings. The number of unbranched alkanes of at least 4 members (excludes halogenated alkanes) is 37. The highest BCUT2D eigenvalue weighted by Crippen LogP contribution is 2.17. The molecule has 0 bridgehead atoms. The molecule has 0 aliphatic rings. The van der Waals surface area contributed by atoms with E-state index in [9.17, 15) is 15.0 Å². The predicted octanol–water partition coefficient (Wildman–Crippen LogP) is 15.0. The number of hydrogen-bond donors (Lipinski definition) is 3. The number of hydrogen-bond acceptors (Lipinski definition) is 3. The summed E-state index contributed by atoms with van der Waals surface area (Å²) in [4.78, 5) is 12.2. The Morgan fingerprint density at radius 2 is 0.712 bits per heavy atom. The number of nitrogens with one attached hydrogen (secondary N) is 1. The van der Waals surface area contributed by atoms with E-state index in [1.165, 1.54) is 225 Å². The topological polar surface area (TPSA) is 69.6 Å². The fraction of sp³-hybridized carbons (Fsp3) is 0.938. The zero-order valence-corrected chi connectivity index (χ0v) is 35.6. The van der Waals surface area contributed by atoms with Crippen LogP contribution in [0, 0.1) is 0 Å². The fourth-order valence-corrected chi connectivity index (χ4v) is 7.59. The van der Waals surface area contributed by atoms with Crippen molar-refractivity contribution in [3.63, 3.8) is 0 Å². The minimum Gasteiger partial charge on any atom is -0.394 e. The van der Waals surface area contributed by atoms with Gasteiger partial charge in [0.25, 0.3) is 0 Å². The Morgan fingerprint density at radius 1 is 0.442 bits per heavy atom. The normalized spacial score (nSPS) is 12.9. The summed E-state index contributed by atoms with van der Waals surface area (Å²) in [5, 5.41) is 22.9. The van der Waals surface area contributed by atoms with E-state index < -0.39 is 12.1 Å². The molecule has 310 valence electrons. The predicted molar refractivity (Wildman–Crippen MR) is 230 cm³/mol. The molecule has 3 N–H and O–H groups in total. The number of aliphatic hydroxyl groups is 2. The Hall–Kier alpha value is -0.870. The lowest BCUT2D eigenvalue weighted by Crippen LogP contribution is -2.45. The van der Waals surface area contributed by atoms with Gasteiger partial charge in [0.1, 0.15) is 0 Å². The zero-order valence-electron chi connectivity index (χ0n) is 35.6. The average Bonchev–Trinajstić information content (AvgIpc) is 3.15. The highest BCUT2D eigenvalue weighted by Gasteiger charge is 2.17.